The predicted octanol–water partition coefficient (Wildman–Crippen LogP) is 3.54. The highest BCUT2D eigenvalue weighted by Crippen LogP contribution is 2.23. The third-order valence-electron chi connectivity index (χ3n) is 3.10. The van der Waals surface area contributed by atoms with Gasteiger partial charge in [0.25, 0.3) is 0 Å². The standard InChI is InChI=1S/C16H14FNO3/c17-14-4-2-1-3-13(14)11-5-7-12(8-6-11)15(18-21)9-10-16(19)20/h1-8,21H,9-10H2,(H,19,20)/b18-15+. The molecule has 0 fully saturated rings. The second-order valence-electron chi connectivity index (χ2n) is 4.50. The van der Waals surface area contributed by atoms with E-state index >= 15 is 0 Å². The van der Waals surface area contributed by atoms with Gasteiger partial charge in [-0.2, -0.15) is 0 Å². The van der Waals surface area contributed by atoms with Crippen LogP contribution >= 0.6 is 0 Å². The Labute approximate surface area is 121 Å². The number of carbonyl (C=O) groups is 1. The molecular formula is C16H14FNO3. The van der Waals surface area contributed by atoms with Gasteiger partial charge >= 0.3 is 5.97 Å². The molecule has 0 aliphatic heterocycles. The molecule has 108 valence electrons. The summed E-state index contributed by atoms with van der Waals surface area (Å²) in [6.07, 6.45) is 0.0132. The normalized spacial score (nSPS) is 11.4. The molecule has 0 unspecified atom stereocenters. The molecular weight excluding hydrogens is 273 g/mol. The summed E-state index contributed by atoms with van der Waals surface area (Å²) in [4.78, 5) is 10.5. The summed E-state index contributed by atoms with van der Waals surface area (Å²) in [6, 6.07) is 13.2. The number of aliphatic carboxylic acids is 1. The van der Waals surface area contributed by atoms with Crippen molar-refractivity contribution in [2.75, 3.05) is 0 Å². The molecule has 0 radical (unpaired) electrons. The molecule has 0 aliphatic rings. The molecule has 5 heteroatoms. The van der Waals surface area contributed by atoms with Gasteiger partial charge in [-0.15, -0.1) is 0 Å². The third kappa shape index (κ3) is 3.66. The zero-order chi connectivity index (χ0) is 15.2. The smallest absolute Gasteiger partial charge is 0.303 e. The molecule has 2 aromatic rings. The largest absolute Gasteiger partial charge is 0.481 e. The van der Waals surface area contributed by atoms with E-state index < -0.39 is 5.97 Å². The average molecular weight is 287 g/mol. The number of benzene rings is 2. The fourth-order valence-electron chi connectivity index (χ4n) is 2.01. The van der Waals surface area contributed by atoms with Crippen molar-refractivity contribution in [3.63, 3.8) is 0 Å². The second kappa shape index (κ2) is 6.65. The fourth-order valence-corrected chi connectivity index (χ4v) is 2.01. The Morgan fingerprint density at radius 3 is 2.29 bits per heavy atom. The summed E-state index contributed by atoms with van der Waals surface area (Å²) in [6.45, 7) is 0. The van der Waals surface area contributed by atoms with Crippen molar-refractivity contribution in [3.05, 3.63) is 59.9 Å². The van der Waals surface area contributed by atoms with Crippen molar-refractivity contribution in [3.8, 4) is 11.1 Å². The Morgan fingerprint density at radius 2 is 1.71 bits per heavy atom. The van der Waals surface area contributed by atoms with E-state index in [1.807, 2.05) is 0 Å². The summed E-state index contributed by atoms with van der Waals surface area (Å²) in [7, 11) is 0. The van der Waals surface area contributed by atoms with Crippen molar-refractivity contribution in [1.82, 2.24) is 0 Å². The van der Waals surface area contributed by atoms with Gasteiger partial charge in [-0.05, 0) is 17.2 Å². The van der Waals surface area contributed by atoms with Gasteiger partial charge in [0.15, 0.2) is 0 Å². The first-order valence-electron chi connectivity index (χ1n) is 6.40. The van der Waals surface area contributed by atoms with E-state index in [-0.39, 0.29) is 24.4 Å². The van der Waals surface area contributed by atoms with E-state index in [4.69, 9.17) is 10.3 Å². The highest BCUT2D eigenvalue weighted by molar-refractivity contribution is 6.01. The first kappa shape index (κ1) is 14.7. The minimum Gasteiger partial charge on any atom is -0.481 e. The Morgan fingerprint density at radius 1 is 1.05 bits per heavy atom. The topological polar surface area (TPSA) is 69.9 Å². The zero-order valence-corrected chi connectivity index (χ0v) is 11.2. The monoisotopic (exact) mass is 287 g/mol. The van der Waals surface area contributed by atoms with Crippen molar-refractivity contribution in [2.24, 2.45) is 5.16 Å². The molecule has 0 saturated carbocycles. The first-order valence-corrected chi connectivity index (χ1v) is 6.40. The fraction of sp³-hybridized carbons (Fsp3) is 0.125. The van der Waals surface area contributed by atoms with Gasteiger partial charge in [0, 0.05) is 12.0 Å². The molecule has 0 bridgehead atoms. The molecule has 0 saturated heterocycles. The number of oxime groups is 1. The maximum atomic E-state index is 13.7. The average Bonchev–Trinajstić information content (AvgIpc) is 2.49. The summed E-state index contributed by atoms with van der Waals surface area (Å²) in [5, 5.41) is 20.7. The van der Waals surface area contributed by atoms with E-state index in [0.717, 1.165) is 0 Å². The van der Waals surface area contributed by atoms with E-state index in [1.165, 1.54) is 6.07 Å². The van der Waals surface area contributed by atoms with Crippen molar-refractivity contribution in [1.29, 1.82) is 0 Å². The molecule has 2 aromatic carbocycles. The quantitative estimate of drug-likeness (QED) is 0.502. The lowest BCUT2D eigenvalue weighted by atomic mass is 10.00. The van der Waals surface area contributed by atoms with Crippen LogP contribution in [0, 0.1) is 5.82 Å². The number of carboxylic acids is 1. The van der Waals surface area contributed by atoms with Crippen molar-refractivity contribution < 1.29 is 19.5 Å². The number of hydrogen-bond donors (Lipinski definition) is 2. The molecule has 2 N–H and O–H groups in total. The van der Waals surface area contributed by atoms with Gasteiger partial charge in [-0.1, -0.05) is 47.6 Å². The molecule has 4 nitrogen and oxygen atoms in total. The van der Waals surface area contributed by atoms with Crippen LogP contribution in [-0.2, 0) is 4.79 Å². The van der Waals surface area contributed by atoms with Gasteiger partial charge in [0.2, 0.25) is 0 Å². The van der Waals surface area contributed by atoms with Gasteiger partial charge < -0.3 is 10.3 Å². The van der Waals surface area contributed by atoms with Crippen LogP contribution < -0.4 is 0 Å². The van der Waals surface area contributed by atoms with Gasteiger partial charge in [-0.25, -0.2) is 4.39 Å². The summed E-state index contributed by atoms with van der Waals surface area (Å²) in [5.41, 5.74) is 2.08. The molecule has 0 aromatic heterocycles. The van der Waals surface area contributed by atoms with E-state index in [9.17, 15) is 9.18 Å². The summed E-state index contributed by atoms with van der Waals surface area (Å²) >= 11 is 0. The maximum Gasteiger partial charge on any atom is 0.303 e. The van der Waals surface area contributed by atoms with E-state index in [0.29, 0.717) is 16.7 Å². The van der Waals surface area contributed by atoms with Gasteiger partial charge in [0.1, 0.15) is 5.82 Å². The second-order valence-corrected chi connectivity index (χ2v) is 4.50. The van der Waals surface area contributed by atoms with Crippen LogP contribution in [0.15, 0.2) is 53.7 Å². The van der Waals surface area contributed by atoms with Gasteiger partial charge in [-0.3, -0.25) is 4.79 Å². The molecule has 0 aliphatic carbocycles. The van der Waals surface area contributed by atoms with Crippen LogP contribution in [0.5, 0.6) is 0 Å². The lowest BCUT2D eigenvalue weighted by Gasteiger charge is -2.06. The van der Waals surface area contributed by atoms with Crippen LogP contribution in [0.4, 0.5) is 4.39 Å². The number of rotatable bonds is 5. The summed E-state index contributed by atoms with van der Waals surface area (Å²) in [5.74, 6) is -1.27. The van der Waals surface area contributed by atoms with Crippen molar-refractivity contribution >= 4 is 11.7 Å². The summed E-state index contributed by atoms with van der Waals surface area (Å²) < 4.78 is 13.7. The Balaban J connectivity index is 2.22. The highest BCUT2D eigenvalue weighted by atomic mass is 19.1. The van der Waals surface area contributed by atoms with Crippen LogP contribution in [-0.4, -0.2) is 22.0 Å². The van der Waals surface area contributed by atoms with Crippen LogP contribution in [0.1, 0.15) is 18.4 Å². The Bertz CT molecular complexity index is 665. The zero-order valence-electron chi connectivity index (χ0n) is 11.2. The minimum atomic E-state index is -0.959. The van der Waals surface area contributed by atoms with Crippen LogP contribution in [0.2, 0.25) is 0 Å². The van der Waals surface area contributed by atoms with Crippen molar-refractivity contribution in [2.45, 2.75) is 12.8 Å². The van der Waals surface area contributed by atoms with Crippen LogP contribution in [0.3, 0.4) is 0 Å². The molecule has 2 rings (SSSR count). The molecule has 0 spiro atoms. The SMILES string of the molecule is O=C(O)CC/C(=N\O)c1ccc(-c2ccccc2F)cc1. The predicted molar refractivity (Wildman–Crippen MR) is 77.0 cm³/mol. The van der Waals surface area contributed by atoms with Crippen LogP contribution in [0.25, 0.3) is 11.1 Å². The number of nitrogens with zero attached hydrogens (tertiary/aromatic N) is 1. The molecule has 0 amide bonds. The van der Waals surface area contributed by atoms with Gasteiger partial charge in [0.05, 0.1) is 12.1 Å². The maximum absolute atomic E-state index is 13.7. The lowest BCUT2D eigenvalue weighted by Crippen LogP contribution is -2.05. The lowest BCUT2D eigenvalue weighted by molar-refractivity contribution is -0.136. The Kier molecular flexibility index (Phi) is 4.66. The third-order valence-corrected chi connectivity index (χ3v) is 3.10. The highest BCUT2D eigenvalue weighted by Gasteiger charge is 2.09. The molecule has 0 atom stereocenters. The first-order chi connectivity index (χ1) is 10.1. The number of halogens is 1. The number of carboxylic acid groups (broad SMARTS) is 1. The molecule has 21 heavy (non-hydrogen) atoms. The Hall–Kier alpha value is -2.69. The van der Waals surface area contributed by atoms with E-state index in [1.54, 1.807) is 42.5 Å². The minimum absolute atomic E-state index is 0.117. The van der Waals surface area contributed by atoms with E-state index in [2.05, 4.69) is 5.16 Å². The number of hydrogen-bond acceptors (Lipinski definition) is 3. The molecule has 0 heterocycles.